The highest BCUT2D eigenvalue weighted by Crippen LogP contribution is 2.65. The zero-order valence-corrected chi connectivity index (χ0v) is 27.6. The van der Waals surface area contributed by atoms with Gasteiger partial charge < -0.3 is 25.7 Å². The Morgan fingerprint density at radius 2 is 1.87 bits per heavy atom. The number of nitrogens with two attached hydrogens (primary N) is 1. The third-order valence-electron chi connectivity index (χ3n) is 10.1. The zero-order valence-electron chi connectivity index (χ0n) is 27.6. The normalized spacial score (nSPS) is 26.4. The number of carbonyl (C=O) groups is 2. The zero-order chi connectivity index (χ0) is 32.9. The summed E-state index contributed by atoms with van der Waals surface area (Å²) in [7, 11) is -0.592. The van der Waals surface area contributed by atoms with E-state index in [1.807, 2.05) is 17.6 Å². The van der Waals surface area contributed by atoms with Gasteiger partial charge in [-0.25, -0.2) is 15.1 Å². The van der Waals surface area contributed by atoms with Crippen LogP contribution in [0.4, 0.5) is 0 Å². The Morgan fingerprint density at radius 3 is 2.49 bits per heavy atom. The Balaban J connectivity index is 1.47. The van der Waals surface area contributed by atoms with Crippen molar-refractivity contribution in [2.75, 3.05) is 6.54 Å². The van der Waals surface area contributed by atoms with Crippen molar-refractivity contribution in [1.82, 2.24) is 16.1 Å². The van der Waals surface area contributed by atoms with Crippen LogP contribution in [0.3, 0.4) is 0 Å². The Hall–Kier alpha value is -3.19. The molecule has 3 saturated carbocycles. The Morgan fingerprint density at radius 1 is 1.16 bits per heavy atom. The lowest BCUT2D eigenvalue weighted by Gasteiger charge is -2.64. The summed E-state index contributed by atoms with van der Waals surface area (Å²) in [6, 6.07) is 6.57. The molecule has 0 unspecified atom stereocenters. The van der Waals surface area contributed by atoms with Crippen LogP contribution >= 0.6 is 0 Å². The van der Waals surface area contributed by atoms with Gasteiger partial charge in [0.05, 0.1) is 17.6 Å². The van der Waals surface area contributed by atoms with Gasteiger partial charge in [-0.15, -0.1) is 0 Å². The number of nitrogens with zero attached hydrogens (tertiary/aromatic N) is 2. The fourth-order valence-electron chi connectivity index (χ4n) is 7.44. The summed E-state index contributed by atoms with van der Waals surface area (Å²) >= 11 is 0. The van der Waals surface area contributed by atoms with Crippen LogP contribution in [-0.4, -0.2) is 60.2 Å². The van der Waals surface area contributed by atoms with E-state index in [9.17, 15) is 19.7 Å². The molecule has 1 saturated heterocycles. The minimum Gasteiger partial charge on any atom is -0.404 e. The number of aryl methyl sites for hydroxylation is 1. The van der Waals surface area contributed by atoms with Crippen LogP contribution in [-0.2, 0) is 20.5 Å². The van der Waals surface area contributed by atoms with Gasteiger partial charge in [-0.3, -0.25) is 9.59 Å². The van der Waals surface area contributed by atoms with Crippen molar-refractivity contribution in [3.8, 4) is 0 Å². The third kappa shape index (κ3) is 8.16. The molecule has 1 aromatic carbocycles. The number of benzene rings is 1. The van der Waals surface area contributed by atoms with Crippen LogP contribution in [0.2, 0.25) is 0 Å². The van der Waals surface area contributed by atoms with Gasteiger partial charge in [-0.05, 0) is 92.7 Å². The molecule has 12 nitrogen and oxygen atoms in total. The van der Waals surface area contributed by atoms with Crippen molar-refractivity contribution in [3.05, 3.63) is 45.5 Å². The van der Waals surface area contributed by atoms with Crippen molar-refractivity contribution >= 4 is 24.9 Å². The molecular formula is C32H51BN6O6. The number of guanidine groups is 1. The summed E-state index contributed by atoms with van der Waals surface area (Å²) < 4.78 is 13.2. The molecule has 1 aromatic rings. The van der Waals surface area contributed by atoms with Crippen LogP contribution in [0.5, 0.6) is 0 Å². The smallest absolute Gasteiger partial charge is 0.404 e. The lowest BCUT2D eigenvalue weighted by atomic mass is 9.43. The topological polar surface area (TPSA) is 170 Å². The maximum atomic E-state index is 13.9. The van der Waals surface area contributed by atoms with E-state index in [-0.39, 0.29) is 48.2 Å². The lowest BCUT2D eigenvalue weighted by Crippen LogP contribution is -2.65. The van der Waals surface area contributed by atoms with Crippen molar-refractivity contribution in [3.63, 3.8) is 0 Å². The molecule has 2 bridgehead atoms. The monoisotopic (exact) mass is 626 g/mol. The fourth-order valence-corrected chi connectivity index (χ4v) is 7.44. The number of nitro groups is 1. The summed E-state index contributed by atoms with van der Waals surface area (Å²) in [5.74, 6) is -0.165. The average molecular weight is 627 g/mol. The van der Waals surface area contributed by atoms with Gasteiger partial charge >= 0.3 is 7.12 Å². The molecular weight excluding hydrogens is 575 g/mol. The second kappa shape index (κ2) is 14.5. The number of hydrazine groups is 1. The minimum absolute atomic E-state index is 0.0160. The highest BCUT2D eigenvalue weighted by Gasteiger charge is 2.68. The van der Waals surface area contributed by atoms with E-state index < -0.39 is 29.7 Å². The first kappa shape index (κ1) is 34.7. The number of amides is 2. The number of carbonyl (C=O) groups excluding carboxylic acids is 2. The van der Waals surface area contributed by atoms with Crippen LogP contribution < -0.4 is 21.8 Å². The fraction of sp³-hybridized carbons (Fsp3) is 0.719. The Kier molecular flexibility index (Phi) is 11.2. The maximum Gasteiger partial charge on any atom is 0.481 e. The molecule has 0 spiro atoms. The molecule has 2 amide bonds. The molecule has 5 N–H and O–H groups in total. The molecule has 1 heterocycles. The van der Waals surface area contributed by atoms with Gasteiger partial charge in [0.25, 0.3) is 11.9 Å². The van der Waals surface area contributed by atoms with Crippen molar-refractivity contribution in [2.24, 2.45) is 33.9 Å². The second-order valence-electron chi connectivity index (χ2n) is 14.2. The van der Waals surface area contributed by atoms with Crippen LogP contribution in [0.1, 0.15) is 102 Å². The molecule has 1 aliphatic heterocycles. The Labute approximate surface area is 267 Å². The first-order valence-electron chi connectivity index (χ1n) is 16.5. The molecule has 4 fully saturated rings. The molecule has 0 radical (unpaired) electrons. The third-order valence-corrected chi connectivity index (χ3v) is 10.1. The van der Waals surface area contributed by atoms with Gasteiger partial charge in [-0.2, -0.15) is 0 Å². The van der Waals surface area contributed by atoms with Gasteiger partial charge in [0.15, 0.2) is 5.03 Å². The first-order valence-corrected chi connectivity index (χ1v) is 16.5. The molecule has 45 heavy (non-hydrogen) atoms. The predicted molar refractivity (Wildman–Crippen MR) is 174 cm³/mol. The van der Waals surface area contributed by atoms with Crippen LogP contribution in [0.15, 0.2) is 29.3 Å². The van der Waals surface area contributed by atoms with E-state index in [2.05, 4.69) is 57.2 Å². The van der Waals surface area contributed by atoms with Crippen molar-refractivity contribution in [1.29, 1.82) is 0 Å². The summed E-state index contributed by atoms with van der Waals surface area (Å²) in [6.45, 7) is 13.2. The van der Waals surface area contributed by atoms with Crippen LogP contribution in [0, 0.1) is 33.3 Å². The highest BCUT2D eigenvalue weighted by atomic mass is 16.7. The molecule has 4 aliphatic rings. The van der Waals surface area contributed by atoms with Crippen LogP contribution in [0.25, 0.3) is 0 Å². The number of hydrogen-bond acceptors (Lipinski definition) is 7. The number of nitrogens with one attached hydrogen (secondary N) is 3. The molecule has 248 valence electrons. The molecule has 6 atom stereocenters. The highest BCUT2D eigenvalue weighted by molar-refractivity contribution is 6.48. The second-order valence-corrected chi connectivity index (χ2v) is 14.2. The summed E-state index contributed by atoms with van der Waals surface area (Å²) in [5.41, 5.74) is 8.76. The first-order chi connectivity index (χ1) is 21.2. The van der Waals surface area contributed by atoms with Crippen molar-refractivity contribution in [2.45, 2.75) is 117 Å². The van der Waals surface area contributed by atoms with E-state index in [4.69, 9.17) is 15.0 Å². The summed E-state index contributed by atoms with van der Waals surface area (Å²) in [4.78, 5) is 41.8. The molecule has 13 heteroatoms. The number of rotatable bonds is 15. The van der Waals surface area contributed by atoms with Crippen molar-refractivity contribution < 1.29 is 23.9 Å². The van der Waals surface area contributed by atoms with E-state index in [0.29, 0.717) is 30.2 Å². The lowest BCUT2D eigenvalue weighted by molar-refractivity contribution is -0.525. The number of hydrogen-bond donors (Lipinski definition) is 4. The Bertz CT molecular complexity index is 1240. The summed E-state index contributed by atoms with van der Waals surface area (Å²) in [5, 5.41) is 15.9. The van der Waals surface area contributed by atoms with Gasteiger partial charge in [0.2, 0.25) is 5.91 Å². The minimum atomic E-state index is -0.877. The quantitative estimate of drug-likeness (QED) is 0.0569. The molecule has 3 aliphatic carbocycles. The van der Waals surface area contributed by atoms with E-state index in [0.717, 1.165) is 37.7 Å². The van der Waals surface area contributed by atoms with E-state index in [1.165, 1.54) is 0 Å². The molecule has 0 aromatic heterocycles. The number of aliphatic imine (C=N–C) groups is 1. The van der Waals surface area contributed by atoms with Gasteiger partial charge in [0.1, 0.15) is 6.04 Å². The van der Waals surface area contributed by atoms with E-state index >= 15 is 0 Å². The predicted octanol–water partition coefficient (Wildman–Crippen LogP) is 3.80. The SMILES string of the molecule is CCCCc1ccc(C(=O)N[C@@H](CCCN=C(N)N[N+](=O)[O-])C(=O)N[C@@H](CC(C)C)B2O[C@@H]3C[C@@H]4C[C@@H](C4(C)C)[C@]3(C)O2)cc1. The maximum absolute atomic E-state index is 13.9. The largest absolute Gasteiger partial charge is 0.481 e. The number of unbranched alkanes of at least 4 members (excludes halogenated alkanes) is 1. The molecule has 5 rings (SSSR count). The summed E-state index contributed by atoms with van der Waals surface area (Å²) in [6.07, 6.45) is 6.42. The standard InChI is InChI=1S/C32H51BN6O6/c1-7-8-10-21-12-14-22(15-13-21)28(40)36-24(11-9-16-35-30(34)38-39(42)43)29(41)37-27(17-20(2)3)33-44-26-19-23-18-25(31(23,4)5)32(26,6)45-33/h12-15,20,23-27H,7-11,16-19H2,1-6H3,(H,36,40)(H,37,41)(H3,34,35,38)/t23-,24-,25-,26+,27-,32-/m0/s1. The average Bonchev–Trinajstić information content (AvgIpc) is 3.34. The van der Waals surface area contributed by atoms with E-state index in [1.54, 1.807) is 12.1 Å². The van der Waals surface area contributed by atoms with Gasteiger partial charge in [0, 0.05) is 12.1 Å². The van der Waals surface area contributed by atoms with Gasteiger partial charge in [-0.1, -0.05) is 58.6 Å².